The largest absolute Gasteiger partial charge is 0.386 e. The third-order valence-corrected chi connectivity index (χ3v) is 5.68. The van der Waals surface area contributed by atoms with Crippen LogP contribution in [0.1, 0.15) is 48.0 Å². The Balaban J connectivity index is 1.59. The summed E-state index contributed by atoms with van der Waals surface area (Å²) >= 11 is 0. The molecule has 0 bridgehead atoms. The number of aryl methyl sites for hydroxylation is 1. The molecule has 1 saturated heterocycles. The van der Waals surface area contributed by atoms with E-state index in [0.717, 1.165) is 16.7 Å². The number of amides is 1. The van der Waals surface area contributed by atoms with Crippen molar-refractivity contribution < 1.29 is 14.3 Å². The zero-order valence-electron chi connectivity index (χ0n) is 19.4. The molecule has 3 aromatic rings. The fraction of sp³-hybridized carbons (Fsp3) is 0.320. The van der Waals surface area contributed by atoms with Gasteiger partial charge in [0.25, 0.3) is 5.91 Å². The fourth-order valence-electron chi connectivity index (χ4n) is 3.86. The second kappa shape index (κ2) is 8.47. The summed E-state index contributed by atoms with van der Waals surface area (Å²) in [4.78, 5) is 19.1. The number of nitrogens with one attached hydrogen (secondary N) is 1. The highest BCUT2D eigenvalue weighted by atomic mass is 19.1. The number of hydrogen-bond donors (Lipinski definition) is 2. The first-order valence-corrected chi connectivity index (χ1v) is 10.8. The quantitative estimate of drug-likeness (QED) is 0.596. The van der Waals surface area contributed by atoms with Crippen molar-refractivity contribution >= 4 is 17.4 Å². The minimum absolute atomic E-state index is 0.0728. The van der Waals surface area contributed by atoms with Gasteiger partial charge in [0.05, 0.1) is 22.9 Å². The SMILES string of the molecule is Cc1ccc(NC(=O)c2cnnc(C(C)(C)F)c2)cc1-c1cnc(N2CC(C)(O)C2)c(C#N)c1. The van der Waals surface area contributed by atoms with Crippen molar-refractivity contribution in [2.45, 2.75) is 39.0 Å². The first-order valence-electron chi connectivity index (χ1n) is 10.8. The van der Waals surface area contributed by atoms with E-state index in [-0.39, 0.29) is 11.3 Å². The number of aliphatic hydroxyl groups is 1. The van der Waals surface area contributed by atoms with E-state index in [1.165, 1.54) is 26.1 Å². The standard InChI is InChI=1S/C25H25FN6O2/c1-15-5-6-19(30-23(33)18-8-21(24(2,3)26)31-29-12-18)9-20(15)17-7-16(10-27)22(28-11-17)32-13-25(4,34)14-32/h5-9,11-12,34H,13-14H2,1-4H3,(H,30,33). The first kappa shape index (κ1) is 23.3. The van der Waals surface area contributed by atoms with Gasteiger partial charge in [-0.15, -0.1) is 0 Å². The number of anilines is 2. The second-order valence-corrected chi connectivity index (χ2v) is 9.35. The molecular weight excluding hydrogens is 435 g/mol. The van der Waals surface area contributed by atoms with E-state index in [9.17, 15) is 19.6 Å². The summed E-state index contributed by atoms with van der Waals surface area (Å²) in [5, 5.41) is 30.0. The van der Waals surface area contributed by atoms with Gasteiger partial charge in [-0.25, -0.2) is 9.37 Å². The van der Waals surface area contributed by atoms with E-state index >= 15 is 0 Å². The molecule has 1 aliphatic rings. The molecule has 1 aromatic carbocycles. The molecule has 4 rings (SSSR count). The molecule has 0 atom stereocenters. The summed E-state index contributed by atoms with van der Waals surface area (Å²) in [5.74, 6) is 0.0999. The van der Waals surface area contributed by atoms with Gasteiger partial charge in [-0.3, -0.25) is 4.79 Å². The van der Waals surface area contributed by atoms with E-state index in [1.54, 1.807) is 31.3 Å². The van der Waals surface area contributed by atoms with Gasteiger partial charge in [0.1, 0.15) is 23.2 Å². The maximum Gasteiger partial charge on any atom is 0.257 e. The number of carbonyl (C=O) groups is 1. The average Bonchev–Trinajstić information content (AvgIpc) is 2.77. The van der Waals surface area contributed by atoms with Crippen LogP contribution in [0.2, 0.25) is 0 Å². The zero-order chi connectivity index (χ0) is 24.7. The molecule has 3 heterocycles. The second-order valence-electron chi connectivity index (χ2n) is 9.35. The number of rotatable bonds is 5. The maximum atomic E-state index is 14.2. The molecular formula is C25H25FN6O2. The van der Waals surface area contributed by atoms with Crippen LogP contribution in [0.25, 0.3) is 11.1 Å². The van der Waals surface area contributed by atoms with Crippen molar-refractivity contribution in [1.29, 1.82) is 5.26 Å². The third-order valence-electron chi connectivity index (χ3n) is 5.68. The highest BCUT2D eigenvalue weighted by Gasteiger charge is 2.38. The summed E-state index contributed by atoms with van der Waals surface area (Å²) in [6, 6.07) is 10.7. The number of hydrogen-bond acceptors (Lipinski definition) is 7. The van der Waals surface area contributed by atoms with Crippen LogP contribution >= 0.6 is 0 Å². The number of halogens is 1. The number of nitriles is 1. The number of β-amino-alcohol motifs (C(OH)–C–C–N with tert-alkyl or cyclic N) is 1. The van der Waals surface area contributed by atoms with Crippen LogP contribution in [-0.4, -0.2) is 44.9 Å². The molecule has 0 aliphatic carbocycles. The van der Waals surface area contributed by atoms with Crippen LogP contribution in [0.15, 0.2) is 42.7 Å². The predicted molar refractivity (Wildman–Crippen MR) is 126 cm³/mol. The van der Waals surface area contributed by atoms with Gasteiger partial charge >= 0.3 is 0 Å². The van der Waals surface area contributed by atoms with Gasteiger partial charge in [0.2, 0.25) is 0 Å². The molecule has 2 N–H and O–H groups in total. The van der Waals surface area contributed by atoms with Crippen molar-refractivity contribution in [3.8, 4) is 17.2 Å². The molecule has 0 spiro atoms. The minimum atomic E-state index is -1.72. The molecule has 0 radical (unpaired) electrons. The van der Waals surface area contributed by atoms with Crippen molar-refractivity contribution in [3.63, 3.8) is 0 Å². The molecule has 34 heavy (non-hydrogen) atoms. The number of nitrogens with zero attached hydrogens (tertiary/aromatic N) is 5. The lowest BCUT2D eigenvalue weighted by atomic mass is 9.95. The lowest BCUT2D eigenvalue weighted by Gasteiger charge is -2.45. The number of benzene rings is 1. The molecule has 1 fully saturated rings. The van der Waals surface area contributed by atoms with Crippen molar-refractivity contribution in [3.05, 3.63) is 65.1 Å². The Morgan fingerprint density at radius 1 is 1.26 bits per heavy atom. The van der Waals surface area contributed by atoms with Crippen molar-refractivity contribution in [1.82, 2.24) is 15.2 Å². The molecule has 0 unspecified atom stereocenters. The summed E-state index contributed by atoms with van der Waals surface area (Å²) in [7, 11) is 0. The Bertz CT molecular complexity index is 1300. The monoisotopic (exact) mass is 460 g/mol. The Morgan fingerprint density at radius 3 is 2.65 bits per heavy atom. The molecule has 2 aromatic heterocycles. The van der Waals surface area contributed by atoms with E-state index in [1.807, 2.05) is 17.9 Å². The van der Waals surface area contributed by atoms with Crippen LogP contribution in [0.5, 0.6) is 0 Å². The Labute approximate surface area is 197 Å². The van der Waals surface area contributed by atoms with Crippen LogP contribution in [0.4, 0.5) is 15.9 Å². The van der Waals surface area contributed by atoms with Gasteiger partial charge in [-0.1, -0.05) is 6.07 Å². The number of alkyl halides is 1. The summed E-state index contributed by atoms with van der Waals surface area (Å²) < 4.78 is 14.2. The van der Waals surface area contributed by atoms with E-state index < -0.39 is 17.2 Å². The zero-order valence-corrected chi connectivity index (χ0v) is 19.4. The number of carbonyl (C=O) groups excluding carboxylic acids is 1. The van der Waals surface area contributed by atoms with Gasteiger partial charge in [-0.05, 0) is 63.1 Å². The Kier molecular flexibility index (Phi) is 5.79. The highest BCUT2D eigenvalue weighted by Crippen LogP contribution is 2.33. The van der Waals surface area contributed by atoms with E-state index in [0.29, 0.717) is 30.2 Å². The molecule has 8 nitrogen and oxygen atoms in total. The maximum absolute atomic E-state index is 14.2. The molecule has 0 saturated carbocycles. The van der Waals surface area contributed by atoms with Crippen molar-refractivity contribution in [2.75, 3.05) is 23.3 Å². The van der Waals surface area contributed by atoms with Crippen LogP contribution in [0.3, 0.4) is 0 Å². The fourth-order valence-corrected chi connectivity index (χ4v) is 3.86. The highest BCUT2D eigenvalue weighted by molar-refractivity contribution is 6.04. The smallest absolute Gasteiger partial charge is 0.257 e. The van der Waals surface area contributed by atoms with Crippen molar-refractivity contribution in [2.24, 2.45) is 0 Å². The lowest BCUT2D eigenvalue weighted by molar-refractivity contribution is 0.0305. The number of aromatic nitrogens is 3. The van der Waals surface area contributed by atoms with Gasteiger partial charge in [0, 0.05) is 30.5 Å². The Hall–Kier alpha value is -3.90. The molecule has 1 amide bonds. The normalized spacial score (nSPS) is 14.8. The summed E-state index contributed by atoms with van der Waals surface area (Å²) in [6.07, 6.45) is 2.97. The van der Waals surface area contributed by atoms with E-state index in [4.69, 9.17) is 0 Å². The predicted octanol–water partition coefficient (Wildman–Crippen LogP) is 3.75. The van der Waals surface area contributed by atoms with Gasteiger partial charge < -0.3 is 15.3 Å². The van der Waals surface area contributed by atoms with E-state index in [2.05, 4.69) is 26.6 Å². The van der Waals surface area contributed by atoms with Gasteiger partial charge in [0.15, 0.2) is 0 Å². The Morgan fingerprint density at radius 2 is 2.00 bits per heavy atom. The topological polar surface area (TPSA) is 115 Å². The van der Waals surface area contributed by atoms with Crippen LogP contribution in [-0.2, 0) is 5.67 Å². The first-order chi connectivity index (χ1) is 16.0. The van der Waals surface area contributed by atoms with Gasteiger partial charge in [-0.2, -0.15) is 15.5 Å². The number of pyridine rings is 1. The summed E-state index contributed by atoms with van der Waals surface area (Å²) in [5.41, 5.74) is 1.19. The molecule has 1 aliphatic heterocycles. The van der Waals surface area contributed by atoms with Crippen LogP contribution < -0.4 is 10.2 Å². The molecule has 174 valence electrons. The average molecular weight is 461 g/mol. The molecule has 9 heteroatoms. The van der Waals surface area contributed by atoms with Crippen LogP contribution in [0, 0.1) is 18.3 Å². The lowest BCUT2D eigenvalue weighted by Crippen LogP contribution is -2.60. The minimum Gasteiger partial charge on any atom is -0.386 e. The third kappa shape index (κ3) is 4.72. The summed E-state index contributed by atoms with van der Waals surface area (Å²) in [6.45, 7) is 7.21.